The highest BCUT2D eigenvalue weighted by Crippen LogP contribution is 2.39. The predicted molar refractivity (Wildman–Crippen MR) is 132 cm³/mol. The molecule has 3 N–H and O–H groups in total. The van der Waals surface area contributed by atoms with Crippen LogP contribution in [0.5, 0.6) is 5.75 Å². The van der Waals surface area contributed by atoms with Gasteiger partial charge in [-0.05, 0) is 49.9 Å². The number of thioether (sulfide) groups is 1. The summed E-state index contributed by atoms with van der Waals surface area (Å²) in [4.78, 5) is 12.7. The Kier molecular flexibility index (Phi) is 5.07. The van der Waals surface area contributed by atoms with Gasteiger partial charge in [-0.15, -0.1) is 11.8 Å². The monoisotopic (exact) mass is 459 g/mol. The quantitative estimate of drug-likeness (QED) is 0.386. The number of aromatic amines is 1. The fourth-order valence-electron chi connectivity index (χ4n) is 4.45. The molecule has 0 radical (unpaired) electrons. The highest BCUT2D eigenvalue weighted by atomic mass is 32.2. The standard InChI is InChI=1S/C24H25N7OS/c1-14(17-10-31(2)11-17)32-21-6-15(16-8-28-29-9-16)5-20-23(21)24(26-12-25-20)30-18-3-4-19-22(7-18)33-13-27-19/h3-9,12,14,17,27H,10-11,13H2,1-2H3,(H,28,29)(H,25,26,30). The molecule has 33 heavy (non-hydrogen) atoms. The molecule has 168 valence electrons. The van der Waals surface area contributed by atoms with E-state index in [0.717, 1.165) is 58.3 Å². The number of nitrogens with one attached hydrogen (secondary N) is 3. The number of ether oxygens (including phenoxy) is 1. The van der Waals surface area contributed by atoms with E-state index in [-0.39, 0.29) is 6.10 Å². The van der Waals surface area contributed by atoms with Crippen LogP contribution in [0.15, 0.2) is 53.9 Å². The van der Waals surface area contributed by atoms with Crippen molar-refractivity contribution >= 4 is 39.9 Å². The third-order valence-electron chi connectivity index (χ3n) is 6.34. The van der Waals surface area contributed by atoms with Crippen LogP contribution in [0.4, 0.5) is 17.2 Å². The molecule has 2 aliphatic heterocycles. The fraction of sp³-hybridized carbons (Fsp3) is 0.292. The van der Waals surface area contributed by atoms with Crippen LogP contribution < -0.4 is 15.4 Å². The summed E-state index contributed by atoms with van der Waals surface area (Å²) in [5.41, 5.74) is 4.99. The van der Waals surface area contributed by atoms with Gasteiger partial charge in [0.25, 0.3) is 0 Å². The predicted octanol–water partition coefficient (Wildman–Crippen LogP) is 4.57. The van der Waals surface area contributed by atoms with Gasteiger partial charge in [0.1, 0.15) is 24.0 Å². The van der Waals surface area contributed by atoms with Gasteiger partial charge in [-0.2, -0.15) is 5.10 Å². The topological polar surface area (TPSA) is 91.0 Å². The number of rotatable bonds is 6. The van der Waals surface area contributed by atoms with Crippen molar-refractivity contribution in [2.75, 3.05) is 36.6 Å². The van der Waals surface area contributed by atoms with Crippen LogP contribution in [0.2, 0.25) is 0 Å². The fourth-order valence-corrected chi connectivity index (χ4v) is 5.34. The molecular formula is C24H25N7OS. The first-order chi connectivity index (χ1) is 16.1. The van der Waals surface area contributed by atoms with E-state index in [9.17, 15) is 0 Å². The summed E-state index contributed by atoms with van der Waals surface area (Å²) in [6.07, 6.45) is 5.37. The first kappa shape index (κ1) is 20.3. The molecular weight excluding hydrogens is 434 g/mol. The minimum absolute atomic E-state index is 0.0829. The van der Waals surface area contributed by atoms with Gasteiger partial charge >= 0.3 is 0 Å². The summed E-state index contributed by atoms with van der Waals surface area (Å²) in [6.45, 7) is 4.24. The number of fused-ring (bicyclic) bond motifs is 2. The summed E-state index contributed by atoms with van der Waals surface area (Å²) in [5, 5.41) is 14.8. The zero-order valence-corrected chi connectivity index (χ0v) is 19.3. The second kappa shape index (κ2) is 8.24. The van der Waals surface area contributed by atoms with Crippen LogP contribution in [0.25, 0.3) is 22.0 Å². The molecule has 0 spiro atoms. The van der Waals surface area contributed by atoms with Gasteiger partial charge < -0.3 is 20.3 Å². The minimum Gasteiger partial charge on any atom is -0.489 e. The van der Waals surface area contributed by atoms with Gasteiger partial charge in [0.05, 0.1) is 23.0 Å². The largest absolute Gasteiger partial charge is 0.489 e. The van der Waals surface area contributed by atoms with Crippen LogP contribution in [0.1, 0.15) is 6.92 Å². The average Bonchev–Trinajstić information content (AvgIpc) is 3.48. The lowest BCUT2D eigenvalue weighted by atomic mass is 9.95. The number of H-pyrrole nitrogens is 1. The van der Waals surface area contributed by atoms with Crippen molar-refractivity contribution in [2.24, 2.45) is 5.92 Å². The first-order valence-corrected chi connectivity index (χ1v) is 12.0. The molecule has 1 fully saturated rings. The number of nitrogens with zero attached hydrogens (tertiary/aromatic N) is 4. The van der Waals surface area contributed by atoms with Crippen molar-refractivity contribution in [3.05, 3.63) is 49.1 Å². The van der Waals surface area contributed by atoms with E-state index in [1.54, 1.807) is 18.1 Å². The van der Waals surface area contributed by atoms with E-state index in [0.29, 0.717) is 5.92 Å². The van der Waals surface area contributed by atoms with Crippen LogP contribution >= 0.6 is 11.8 Å². The Bertz CT molecular complexity index is 1300. The Morgan fingerprint density at radius 2 is 2.09 bits per heavy atom. The maximum absolute atomic E-state index is 6.58. The van der Waals surface area contributed by atoms with Gasteiger partial charge in [0.15, 0.2) is 0 Å². The van der Waals surface area contributed by atoms with Crippen LogP contribution in [-0.4, -0.2) is 57.2 Å². The molecule has 4 heterocycles. The van der Waals surface area contributed by atoms with Crippen molar-refractivity contribution < 1.29 is 4.74 Å². The normalized spacial score (nSPS) is 16.8. The van der Waals surface area contributed by atoms with Gasteiger partial charge in [-0.3, -0.25) is 5.10 Å². The molecule has 2 aliphatic rings. The Morgan fingerprint density at radius 3 is 2.91 bits per heavy atom. The molecule has 9 heteroatoms. The molecule has 1 atom stereocenters. The lowest BCUT2D eigenvalue weighted by molar-refractivity contribution is 0.0358. The molecule has 6 rings (SSSR count). The van der Waals surface area contributed by atoms with Crippen LogP contribution in [-0.2, 0) is 0 Å². The maximum atomic E-state index is 6.58. The highest BCUT2D eigenvalue weighted by Gasteiger charge is 2.30. The zero-order chi connectivity index (χ0) is 22.4. The second-order valence-corrected chi connectivity index (χ2v) is 9.70. The lowest BCUT2D eigenvalue weighted by Gasteiger charge is -2.39. The summed E-state index contributed by atoms with van der Waals surface area (Å²) in [7, 11) is 2.14. The molecule has 0 aliphatic carbocycles. The number of likely N-dealkylation sites (tertiary alicyclic amines) is 1. The second-order valence-electron chi connectivity index (χ2n) is 8.68. The summed E-state index contributed by atoms with van der Waals surface area (Å²) >= 11 is 1.80. The average molecular weight is 460 g/mol. The zero-order valence-electron chi connectivity index (χ0n) is 18.5. The van der Waals surface area contributed by atoms with Crippen LogP contribution in [0.3, 0.4) is 0 Å². The van der Waals surface area contributed by atoms with Gasteiger partial charge in [0.2, 0.25) is 0 Å². The van der Waals surface area contributed by atoms with Crippen molar-refractivity contribution in [3.8, 4) is 16.9 Å². The van der Waals surface area contributed by atoms with E-state index in [1.165, 1.54) is 10.6 Å². The third kappa shape index (κ3) is 3.87. The van der Waals surface area contributed by atoms with E-state index in [4.69, 9.17) is 4.74 Å². The van der Waals surface area contributed by atoms with Crippen molar-refractivity contribution in [1.82, 2.24) is 25.1 Å². The molecule has 2 aromatic heterocycles. The molecule has 1 unspecified atom stereocenters. The van der Waals surface area contributed by atoms with Gasteiger partial charge in [-0.1, -0.05) is 0 Å². The van der Waals surface area contributed by atoms with E-state index >= 15 is 0 Å². The minimum atomic E-state index is 0.0829. The van der Waals surface area contributed by atoms with Crippen molar-refractivity contribution in [3.63, 3.8) is 0 Å². The van der Waals surface area contributed by atoms with Gasteiger partial charge in [0, 0.05) is 47.0 Å². The highest BCUT2D eigenvalue weighted by molar-refractivity contribution is 7.99. The SMILES string of the molecule is CC(Oc1cc(-c2cn[nH]c2)cc2ncnc(Nc3ccc4c(c3)SCN4)c12)C1CN(C)C1. The van der Waals surface area contributed by atoms with E-state index in [2.05, 4.69) is 80.0 Å². The van der Waals surface area contributed by atoms with E-state index in [1.807, 2.05) is 12.4 Å². The molecule has 0 amide bonds. The van der Waals surface area contributed by atoms with Gasteiger partial charge in [-0.25, -0.2) is 9.97 Å². The maximum Gasteiger partial charge on any atom is 0.145 e. The van der Waals surface area contributed by atoms with E-state index < -0.39 is 0 Å². The number of aromatic nitrogens is 4. The Morgan fingerprint density at radius 1 is 1.18 bits per heavy atom. The summed E-state index contributed by atoms with van der Waals surface area (Å²) < 4.78 is 6.58. The Hall–Kier alpha value is -3.30. The number of anilines is 3. The van der Waals surface area contributed by atoms with Crippen molar-refractivity contribution in [1.29, 1.82) is 0 Å². The summed E-state index contributed by atoms with van der Waals surface area (Å²) in [6, 6.07) is 10.5. The Labute approximate surface area is 196 Å². The number of hydrogen-bond donors (Lipinski definition) is 3. The molecule has 2 aromatic carbocycles. The molecule has 8 nitrogen and oxygen atoms in total. The molecule has 0 saturated carbocycles. The molecule has 1 saturated heterocycles. The number of benzene rings is 2. The number of hydrogen-bond acceptors (Lipinski definition) is 8. The smallest absolute Gasteiger partial charge is 0.145 e. The van der Waals surface area contributed by atoms with Crippen LogP contribution in [0, 0.1) is 5.92 Å². The Balaban J connectivity index is 1.42. The molecule has 4 aromatic rings. The lowest BCUT2D eigenvalue weighted by Crippen LogP contribution is -2.50. The first-order valence-electron chi connectivity index (χ1n) is 11.0. The third-order valence-corrected chi connectivity index (χ3v) is 7.27. The summed E-state index contributed by atoms with van der Waals surface area (Å²) in [5.74, 6) is 2.93. The van der Waals surface area contributed by atoms with Crippen molar-refractivity contribution in [2.45, 2.75) is 17.9 Å². The molecule has 0 bridgehead atoms.